The van der Waals surface area contributed by atoms with Gasteiger partial charge in [-0.05, 0) is 30.0 Å². The first kappa shape index (κ1) is 12.7. The molecule has 0 radical (unpaired) electrons. The monoisotopic (exact) mass is 266 g/mol. The van der Waals surface area contributed by atoms with E-state index in [4.69, 9.17) is 4.74 Å². The molecule has 1 aliphatic heterocycles. The summed E-state index contributed by atoms with van der Waals surface area (Å²) in [5.41, 5.74) is 0.923. The quantitative estimate of drug-likeness (QED) is 0.710. The maximum atomic E-state index is 10.1. The molecule has 1 aliphatic rings. The molecule has 0 spiro atoms. The molecule has 100 valence electrons. The van der Waals surface area contributed by atoms with E-state index >= 15 is 0 Å². The highest BCUT2D eigenvalue weighted by Crippen LogP contribution is 2.18. The van der Waals surface area contributed by atoms with Crippen LogP contribution in [0.5, 0.6) is 0 Å². The van der Waals surface area contributed by atoms with Gasteiger partial charge in [0.25, 0.3) is 0 Å². The maximum absolute atomic E-state index is 10.1. The first-order chi connectivity index (χ1) is 9.75. The lowest BCUT2D eigenvalue weighted by atomic mass is 9.95. The lowest BCUT2D eigenvalue weighted by Gasteiger charge is -2.26. The normalized spacial score (nSPS) is 16.9. The van der Waals surface area contributed by atoms with Crippen LogP contribution in [0.3, 0.4) is 0 Å². The summed E-state index contributed by atoms with van der Waals surface area (Å²) in [5.74, 6) is 11.3. The van der Waals surface area contributed by atoms with E-state index < -0.39 is 5.60 Å². The Bertz CT molecular complexity index is 734. The van der Waals surface area contributed by atoms with Crippen LogP contribution in [0.25, 0.3) is 10.9 Å². The molecule has 1 saturated heterocycles. The SMILES string of the molecule is OC1(C#CC#Cc2ccc3[nH]ncc3c2)CCOCC1. The van der Waals surface area contributed by atoms with Crippen molar-refractivity contribution in [1.29, 1.82) is 0 Å². The zero-order valence-electron chi connectivity index (χ0n) is 10.9. The van der Waals surface area contributed by atoms with Crippen LogP contribution >= 0.6 is 0 Å². The number of nitrogens with zero attached hydrogens (tertiary/aromatic N) is 1. The van der Waals surface area contributed by atoms with Crippen LogP contribution in [-0.2, 0) is 4.74 Å². The molecule has 20 heavy (non-hydrogen) atoms. The van der Waals surface area contributed by atoms with Crippen LogP contribution in [0, 0.1) is 23.7 Å². The zero-order valence-corrected chi connectivity index (χ0v) is 10.9. The van der Waals surface area contributed by atoms with Gasteiger partial charge in [-0.25, -0.2) is 0 Å². The molecule has 0 amide bonds. The predicted octanol–water partition coefficient (Wildman–Crippen LogP) is 1.46. The Hall–Kier alpha value is -2.27. The number of hydrogen-bond donors (Lipinski definition) is 2. The number of benzene rings is 1. The third kappa shape index (κ3) is 2.83. The van der Waals surface area contributed by atoms with Crippen molar-refractivity contribution in [1.82, 2.24) is 10.2 Å². The van der Waals surface area contributed by atoms with Crippen molar-refractivity contribution in [2.45, 2.75) is 18.4 Å². The van der Waals surface area contributed by atoms with Crippen molar-refractivity contribution in [3.8, 4) is 23.7 Å². The second-order valence-electron chi connectivity index (χ2n) is 4.82. The molecule has 0 atom stereocenters. The second kappa shape index (κ2) is 5.38. The van der Waals surface area contributed by atoms with Gasteiger partial charge in [0, 0.05) is 23.8 Å². The van der Waals surface area contributed by atoms with Crippen LogP contribution in [0.2, 0.25) is 0 Å². The number of rotatable bonds is 0. The average molecular weight is 266 g/mol. The number of fused-ring (bicyclic) bond motifs is 1. The van der Waals surface area contributed by atoms with Crippen LogP contribution < -0.4 is 0 Å². The van der Waals surface area contributed by atoms with Crippen molar-refractivity contribution in [3.05, 3.63) is 30.0 Å². The molecule has 1 aromatic heterocycles. The van der Waals surface area contributed by atoms with E-state index in [1.807, 2.05) is 18.2 Å². The number of aromatic nitrogens is 2. The van der Waals surface area contributed by atoms with Gasteiger partial charge in [-0.15, -0.1) is 0 Å². The van der Waals surface area contributed by atoms with Crippen molar-refractivity contribution < 1.29 is 9.84 Å². The number of nitrogens with one attached hydrogen (secondary N) is 1. The lowest BCUT2D eigenvalue weighted by molar-refractivity contribution is -0.0261. The number of aliphatic hydroxyl groups is 1. The van der Waals surface area contributed by atoms with E-state index in [0.29, 0.717) is 26.1 Å². The summed E-state index contributed by atoms with van der Waals surface area (Å²) in [4.78, 5) is 0. The fourth-order valence-corrected chi connectivity index (χ4v) is 2.11. The Morgan fingerprint density at radius 2 is 2.10 bits per heavy atom. The van der Waals surface area contributed by atoms with Gasteiger partial charge in [-0.1, -0.05) is 11.8 Å². The minimum absolute atomic E-state index is 0.544. The average Bonchev–Trinajstić information content (AvgIpc) is 2.92. The second-order valence-corrected chi connectivity index (χ2v) is 4.82. The molecule has 1 aromatic carbocycles. The Morgan fingerprint density at radius 1 is 1.25 bits per heavy atom. The van der Waals surface area contributed by atoms with Gasteiger partial charge in [0.2, 0.25) is 0 Å². The highest BCUT2D eigenvalue weighted by atomic mass is 16.5. The molecular formula is C16H14N2O2. The van der Waals surface area contributed by atoms with Crippen LogP contribution in [0.1, 0.15) is 18.4 Å². The molecule has 4 heteroatoms. The molecule has 3 rings (SSSR count). The lowest BCUT2D eigenvalue weighted by Crippen LogP contribution is -2.34. The molecule has 0 unspecified atom stereocenters. The molecule has 2 heterocycles. The van der Waals surface area contributed by atoms with Gasteiger partial charge in [0.1, 0.15) is 5.60 Å². The minimum Gasteiger partial charge on any atom is -0.381 e. The van der Waals surface area contributed by atoms with Crippen LogP contribution in [0.15, 0.2) is 24.4 Å². The number of aromatic amines is 1. The van der Waals surface area contributed by atoms with E-state index in [1.165, 1.54) is 0 Å². The van der Waals surface area contributed by atoms with Gasteiger partial charge in [0.05, 0.1) is 24.9 Å². The highest BCUT2D eigenvalue weighted by Gasteiger charge is 2.27. The Kier molecular flexibility index (Phi) is 3.43. The summed E-state index contributed by atoms with van der Waals surface area (Å²) in [6.07, 6.45) is 2.85. The Labute approximate surface area is 117 Å². The highest BCUT2D eigenvalue weighted by molar-refractivity contribution is 5.79. The molecular weight excluding hydrogens is 252 g/mol. The van der Waals surface area contributed by atoms with Crippen LogP contribution in [-0.4, -0.2) is 34.1 Å². The van der Waals surface area contributed by atoms with Gasteiger partial charge >= 0.3 is 0 Å². The van der Waals surface area contributed by atoms with E-state index in [-0.39, 0.29) is 0 Å². The first-order valence-electron chi connectivity index (χ1n) is 6.52. The smallest absolute Gasteiger partial charge is 0.130 e. The molecule has 1 fully saturated rings. The van der Waals surface area contributed by atoms with Crippen molar-refractivity contribution >= 4 is 10.9 Å². The Balaban J connectivity index is 1.75. The summed E-state index contributed by atoms with van der Waals surface area (Å²) in [7, 11) is 0. The third-order valence-corrected chi connectivity index (χ3v) is 3.32. The standard InChI is InChI=1S/C16H14N2O2/c19-16(7-9-20-10-8-16)6-2-1-3-13-4-5-15-14(11-13)12-17-18-15/h4-5,11-12,19H,7-10H2,(H,17,18). The molecule has 2 aromatic rings. The fourth-order valence-electron chi connectivity index (χ4n) is 2.11. The number of ether oxygens (including phenoxy) is 1. The van der Waals surface area contributed by atoms with Crippen LogP contribution in [0.4, 0.5) is 0 Å². The molecule has 0 saturated carbocycles. The number of hydrogen-bond acceptors (Lipinski definition) is 3. The maximum Gasteiger partial charge on any atom is 0.130 e. The molecule has 2 N–H and O–H groups in total. The van der Waals surface area contributed by atoms with Gasteiger partial charge in [0.15, 0.2) is 0 Å². The topological polar surface area (TPSA) is 58.1 Å². The van der Waals surface area contributed by atoms with Crippen molar-refractivity contribution in [2.24, 2.45) is 0 Å². The largest absolute Gasteiger partial charge is 0.381 e. The summed E-state index contributed by atoms with van der Waals surface area (Å²) in [5, 5.41) is 18.0. The van der Waals surface area contributed by atoms with E-state index in [0.717, 1.165) is 16.5 Å². The van der Waals surface area contributed by atoms with Crippen molar-refractivity contribution in [2.75, 3.05) is 13.2 Å². The van der Waals surface area contributed by atoms with E-state index in [1.54, 1.807) is 6.20 Å². The van der Waals surface area contributed by atoms with E-state index in [2.05, 4.69) is 33.9 Å². The number of H-pyrrole nitrogens is 1. The zero-order chi connectivity index (χ0) is 13.8. The van der Waals surface area contributed by atoms with E-state index in [9.17, 15) is 5.11 Å². The summed E-state index contributed by atoms with van der Waals surface area (Å²) in [6.45, 7) is 1.10. The third-order valence-electron chi connectivity index (χ3n) is 3.32. The summed E-state index contributed by atoms with van der Waals surface area (Å²) < 4.78 is 5.20. The molecule has 0 bridgehead atoms. The summed E-state index contributed by atoms with van der Waals surface area (Å²) in [6, 6.07) is 5.81. The van der Waals surface area contributed by atoms with Gasteiger partial charge in [-0.3, -0.25) is 5.10 Å². The van der Waals surface area contributed by atoms with Gasteiger partial charge < -0.3 is 9.84 Å². The fraction of sp³-hybridized carbons (Fsp3) is 0.312. The van der Waals surface area contributed by atoms with Crippen molar-refractivity contribution in [3.63, 3.8) is 0 Å². The first-order valence-corrected chi connectivity index (χ1v) is 6.52. The molecule has 4 nitrogen and oxygen atoms in total. The Morgan fingerprint density at radius 3 is 2.95 bits per heavy atom. The summed E-state index contributed by atoms with van der Waals surface area (Å²) >= 11 is 0. The minimum atomic E-state index is -0.943. The van der Waals surface area contributed by atoms with Gasteiger partial charge in [-0.2, -0.15) is 5.10 Å². The molecule has 0 aliphatic carbocycles. The predicted molar refractivity (Wildman–Crippen MR) is 75.8 cm³/mol.